The molecule has 0 amide bonds. The third-order valence-corrected chi connectivity index (χ3v) is 12.9. The van der Waals surface area contributed by atoms with E-state index in [2.05, 4.69) is 26.0 Å². The van der Waals surface area contributed by atoms with E-state index in [0.29, 0.717) is 6.42 Å². The van der Waals surface area contributed by atoms with Crippen molar-refractivity contribution in [1.82, 2.24) is 0 Å². The molecule has 0 radical (unpaired) electrons. The first-order chi connectivity index (χ1) is 30.3. The number of rotatable bonds is 51. The molecule has 62 heavy (non-hydrogen) atoms. The maximum Gasteiger partial charge on any atom is 0.472 e. The monoisotopic (exact) mass is 900 g/mol. The number of phosphoric ester groups is 1. The molecule has 0 aromatic rings. The van der Waals surface area contributed by atoms with Gasteiger partial charge >= 0.3 is 19.8 Å². The Morgan fingerprint density at radius 3 is 1.15 bits per heavy atom. The molecule has 3 N–H and O–H groups in total. The van der Waals surface area contributed by atoms with E-state index in [4.69, 9.17) is 24.3 Å². The Hall–Kier alpha value is -1.25. The van der Waals surface area contributed by atoms with E-state index < -0.39 is 26.5 Å². The number of esters is 2. The number of carbonyl (C=O) groups excluding carboxylic acids is 2. The largest absolute Gasteiger partial charge is 0.472 e. The molecule has 10 heteroatoms. The van der Waals surface area contributed by atoms with Crippen LogP contribution in [-0.2, 0) is 32.7 Å². The van der Waals surface area contributed by atoms with E-state index in [1.165, 1.54) is 199 Å². The van der Waals surface area contributed by atoms with Crippen LogP contribution in [-0.4, -0.2) is 49.3 Å². The van der Waals surface area contributed by atoms with Crippen molar-refractivity contribution in [2.45, 2.75) is 283 Å². The maximum atomic E-state index is 12.6. The molecule has 0 saturated heterocycles. The maximum absolute atomic E-state index is 12.6. The van der Waals surface area contributed by atoms with Crippen LogP contribution in [0.5, 0.6) is 0 Å². The molecule has 2 unspecified atom stereocenters. The van der Waals surface area contributed by atoms with Gasteiger partial charge in [0.15, 0.2) is 6.10 Å². The molecule has 0 bridgehead atoms. The molecule has 368 valence electrons. The lowest BCUT2D eigenvalue weighted by molar-refractivity contribution is -0.161. The van der Waals surface area contributed by atoms with Crippen LogP contribution in [0.3, 0.4) is 0 Å². The molecule has 0 aliphatic carbocycles. The van der Waals surface area contributed by atoms with E-state index in [0.717, 1.165) is 44.9 Å². The summed E-state index contributed by atoms with van der Waals surface area (Å²) >= 11 is 0. The van der Waals surface area contributed by atoms with Crippen molar-refractivity contribution in [2.75, 3.05) is 26.4 Å². The van der Waals surface area contributed by atoms with Crippen molar-refractivity contribution < 1.29 is 37.6 Å². The van der Waals surface area contributed by atoms with Gasteiger partial charge in [0.1, 0.15) is 6.61 Å². The molecule has 0 spiro atoms. The minimum Gasteiger partial charge on any atom is -0.462 e. The standard InChI is InChI=1S/C52H102NO8P/c1-3-5-7-9-11-13-15-17-19-21-23-24-25-26-27-29-30-32-34-36-38-40-42-44-51(54)58-48-50(49-60-62(56,57)59-47-46-53)61-52(55)45-43-41-39-37-35-33-31-28-22-20-18-16-14-12-10-8-6-4-2/h20,22,50H,3-19,21,23-49,53H2,1-2H3,(H,56,57)/b22-20-. The van der Waals surface area contributed by atoms with Crippen LogP contribution in [0.15, 0.2) is 12.2 Å². The summed E-state index contributed by atoms with van der Waals surface area (Å²) in [6, 6.07) is 0. The van der Waals surface area contributed by atoms with Crippen molar-refractivity contribution in [3.05, 3.63) is 12.2 Å². The molecular weight excluding hydrogens is 798 g/mol. The lowest BCUT2D eigenvalue weighted by atomic mass is 10.0. The Kier molecular flexibility index (Phi) is 48.2. The number of nitrogens with two attached hydrogens (primary N) is 1. The SMILES string of the molecule is CCCCCCCCC/C=C\CCCCCCCCCC(=O)OC(COC(=O)CCCCCCCCCCCCCCCCCCCCCCCCC)COP(=O)(O)OCCN. The van der Waals surface area contributed by atoms with Gasteiger partial charge in [-0.2, -0.15) is 0 Å². The van der Waals surface area contributed by atoms with Gasteiger partial charge in [-0.05, 0) is 38.5 Å². The molecule has 0 aliphatic rings. The average Bonchev–Trinajstić information content (AvgIpc) is 3.26. The van der Waals surface area contributed by atoms with Gasteiger partial charge in [-0.15, -0.1) is 0 Å². The van der Waals surface area contributed by atoms with Crippen molar-refractivity contribution in [1.29, 1.82) is 0 Å². The molecule has 9 nitrogen and oxygen atoms in total. The highest BCUT2D eigenvalue weighted by Gasteiger charge is 2.26. The number of hydrogen-bond acceptors (Lipinski definition) is 8. The lowest BCUT2D eigenvalue weighted by Crippen LogP contribution is -2.29. The van der Waals surface area contributed by atoms with Gasteiger partial charge in [0.25, 0.3) is 0 Å². The Morgan fingerprint density at radius 2 is 0.790 bits per heavy atom. The summed E-state index contributed by atoms with van der Waals surface area (Å²) < 4.78 is 33.0. The van der Waals surface area contributed by atoms with E-state index in [9.17, 15) is 19.0 Å². The summed E-state index contributed by atoms with van der Waals surface area (Å²) in [5.41, 5.74) is 5.37. The first kappa shape index (κ1) is 60.8. The second-order valence-electron chi connectivity index (χ2n) is 18.1. The van der Waals surface area contributed by atoms with Crippen LogP contribution < -0.4 is 5.73 Å². The van der Waals surface area contributed by atoms with Crippen LogP contribution in [0.2, 0.25) is 0 Å². The zero-order valence-electron chi connectivity index (χ0n) is 40.9. The minimum absolute atomic E-state index is 0.0558. The van der Waals surface area contributed by atoms with E-state index >= 15 is 0 Å². The third-order valence-electron chi connectivity index (χ3n) is 11.9. The van der Waals surface area contributed by atoms with Crippen molar-refractivity contribution in [3.8, 4) is 0 Å². The number of hydrogen-bond donors (Lipinski definition) is 2. The van der Waals surface area contributed by atoms with E-state index in [1.807, 2.05) is 0 Å². The molecule has 0 rings (SSSR count). The van der Waals surface area contributed by atoms with Crippen molar-refractivity contribution in [2.24, 2.45) is 5.73 Å². The summed E-state index contributed by atoms with van der Waals surface area (Å²) in [5, 5.41) is 0. The summed E-state index contributed by atoms with van der Waals surface area (Å²) in [7, 11) is -4.38. The Labute approximate surface area is 383 Å². The highest BCUT2D eigenvalue weighted by Crippen LogP contribution is 2.43. The molecular formula is C52H102NO8P. The number of unbranched alkanes of at least 4 members (excludes halogenated alkanes) is 36. The summed E-state index contributed by atoms with van der Waals surface area (Å²) in [6.07, 6.45) is 54.0. The molecule has 0 heterocycles. The fraction of sp³-hybridized carbons (Fsp3) is 0.923. The number of phosphoric acid groups is 1. The van der Waals surface area contributed by atoms with Crippen molar-refractivity contribution in [3.63, 3.8) is 0 Å². The average molecular weight is 900 g/mol. The van der Waals surface area contributed by atoms with Crippen LogP contribution in [0.4, 0.5) is 0 Å². The number of ether oxygens (including phenoxy) is 2. The first-order valence-electron chi connectivity index (χ1n) is 26.7. The quantitative estimate of drug-likeness (QED) is 0.0265. The Balaban J connectivity index is 3.97. The number of allylic oxidation sites excluding steroid dienone is 2. The second-order valence-corrected chi connectivity index (χ2v) is 19.6. The van der Waals surface area contributed by atoms with Gasteiger partial charge in [-0.25, -0.2) is 4.57 Å². The van der Waals surface area contributed by atoms with Crippen LogP contribution in [0.25, 0.3) is 0 Å². The molecule has 2 atom stereocenters. The van der Waals surface area contributed by atoms with E-state index in [-0.39, 0.29) is 38.6 Å². The molecule has 0 aliphatic heterocycles. The highest BCUT2D eigenvalue weighted by molar-refractivity contribution is 7.47. The Morgan fingerprint density at radius 1 is 0.468 bits per heavy atom. The van der Waals surface area contributed by atoms with Gasteiger partial charge in [0, 0.05) is 19.4 Å². The Bertz CT molecular complexity index is 1030. The summed E-state index contributed by atoms with van der Waals surface area (Å²) in [6.45, 7) is 3.79. The first-order valence-corrected chi connectivity index (χ1v) is 28.2. The lowest BCUT2D eigenvalue weighted by Gasteiger charge is -2.19. The fourth-order valence-electron chi connectivity index (χ4n) is 7.93. The van der Waals surface area contributed by atoms with Gasteiger partial charge in [0.2, 0.25) is 0 Å². The molecule has 0 aromatic heterocycles. The summed E-state index contributed by atoms with van der Waals surface area (Å²) in [5.74, 6) is -0.816. The van der Waals surface area contributed by atoms with E-state index in [1.54, 1.807) is 0 Å². The van der Waals surface area contributed by atoms with Crippen molar-refractivity contribution >= 4 is 19.8 Å². The van der Waals surface area contributed by atoms with Gasteiger partial charge < -0.3 is 20.1 Å². The minimum atomic E-state index is -4.38. The normalized spacial score (nSPS) is 13.2. The molecule has 0 saturated carbocycles. The predicted molar refractivity (Wildman–Crippen MR) is 261 cm³/mol. The number of carbonyl (C=O) groups is 2. The third kappa shape index (κ3) is 48.2. The van der Waals surface area contributed by atoms with Gasteiger partial charge in [0.05, 0.1) is 13.2 Å². The summed E-state index contributed by atoms with van der Waals surface area (Å²) in [4.78, 5) is 35.1. The molecule has 0 fully saturated rings. The van der Waals surface area contributed by atoms with Gasteiger partial charge in [-0.1, -0.05) is 238 Å². The van der Waals surface area contributed by atoms with Crippen LogP contribution in [0, 0.1) is 0 Å². The van der Waals surface area contributed by atoms with Crippen LogP contribution in [0.1, 0.15) is 277 Å². The van der Waals surface area contributed by atoms with Crippen LogP contribution >= 0.6 is 7.82 Å². The fourth-order valence-corrected chi connectivity index (χ4v) is 8.69. The second kappa shape index (κ2) is 49.2. The smallest absolute Gasteiger partial charge is 0.462 e. The van der Waals surface area contributed by atoms with Gasteiger partial charge in [-0.3, -0.25) is 18.6 Å². The molecule has 0 aromatic carbocycles. The zero-order chi connectivity index (χ0) is 45.3. The topological polar surface area (TPSA) is 134 Å². The predicted octanol–water partition coefficient (Wildman–Crippen LogP) is 16.1. The highest BCUT2D eigenvalue weighted by atomic mass is 31.2. The zero-order valence-corrected chi connectivity index (χ0v) is 41.8.